The predicted octanol–water partition coefficient (Wildman–Crippen LogP) is 3.22. The number of thioether (sulfide) groups is 1. The minimum Gasteiger partial charge on any atom is -0.308 e. The van der Waals surface area contributed by atoms with Gasteiger partial charge in [0.1, 0.15) is 4.60 Å². The Labute approximate surface area is 110 Å². The summed E-state index contributed by atoms with van der Waals surface area (Å²) in [5.41, 5.74) is 1.11. The second-order valence-corrected chi connectivity index (χ2v) is 6.15. The molecule has 1 aromatic heterocycles. The lowest BCUT2D eigenvalue weighted by Crippen LogP contribution is -2.26. The monoisotopic (exact) mass is 300 g/mol. The molecule has 0 spiro atoms. The van der Waals surface area contributed by atoms with Crippen molar-refractivity contribution in [2.24, 2.45) is 0 Å². The third kappa shape index (κ3) is 3.47. The van der Waals surface area contributed by atoms with E-state index in [1.165, 1.54) is 19.3 Å². The fraction of sp³-hybridized carbons (Fsp3) is 0.583. The molecule has 0 saturated heterocycles. The first-order valence-electron chi connectivity index (χ1n) is 5.65. The quantitative estimate of drug-likeness (QED) is 0.864. The van der Waals surface area contributed by atoms with E-state index in [-0.39, 0.29) is 0 Å². The molecule has 16 heavy (non-hydrogen) atoms. The lowest BCUT2D eigenvalue weighted by Gasteiger charge is -2.12. The number of pyridine rings is 1. The van der Waals surface area contributed by atoms with Crippen molar-refractivity contribution >= 4 is 27.7 Å². The number of hydrogen-bond acceptors (Lipinski definition) is 3. The molecule has 1 aliphatic carbocycles. The fourth-order valence-electron chi connectivity index (χ4n) is 2.14. The molecule has 1 aromatic rings. The molecule has 88 valence electrons. The lowest BCUT2D eigenvalue weighted by atomic mass is 10.2. The summed E-state index contributed by atoms with van der Waals surface area (Å²) in [6.07, 6.45) is 6.17. The van der Waals surface area contributed by atoms with Gasteiger partial charge in [-0.3, -0.25) is 0 Å². The minimum absolute atomic E-state index is 0.679. The van der Waals surface area contributed by atoms with E-state index in [0.717, 1.165) is 22.1 Å². The molecule has 1 heterocycles. The maximum Gasteiger partial charge on any atom is 0.106 e. The Bertz CT molecular complexity index is 346. The van der Waals surface area contributed by atoms with Crippen LogP contribution in [0.3, 0.4) is 0 Å². The van der Waals surface area contributed by atoms with Gasteiger partial charge in [-0.05, 0) is 53.6 Å². The maximum atomic E-state index is 4.42. The number of nitrogens with zero attached hydrogens (tertiary/aromatic N) is 1. The molecule has 4 heteroatoms. The molecule has 0 aliphatic heterocycles. The highest BCUT2D eigenvalue weighted by molar-refractivity contribution is 9.10. The number of rotatable bonds is 4. The zero-order chi connectivity index (χ0) is 11.4. The van der Waals surface area contributed by atoms with Crippen LogP contribution in [-0.2, 0) is 6.54 Å². The first-order chi connectivity index (χ1) is 7.78. The van der Waals surface area contributed by atoms with Crippen molar-refractivity contribution in [3.05, 3.63) is 28.5 Å². The lowest BCUT2D eigenvalue weighted by molar-refractivity contribution is 0.520. The SMILES string of the molecule is CSC1CCC(NCc2cccc(Br)n2)C1. The van der Waals surface area contributed by atoms with Crippen LogP contribution in [-0.4, -0.2) is 22.5 Å². The van der Waals surface area contributed by atoms with Gasteiger partial charge in [-0.25, -0.2) is 4.98 Å². The molecule has 0 amide bonds. The number of halogens is 1. The second-order valence-electron chi connectivity index (χ2n) is 4.20. The average molecular weight is 301 g/mol. The Morgan fingerprint density at radius 3 is 3.06 bits per heavy atom. The summed E-state index contributed by atoms with van der Waals surface area (Å²) in [5, 5.41) is 4.45. The summed E-state index contributed by atoms with van der Waals surface area (Å²) in [4.78, 5) is 4.42. The summed E-state index contributed by atoms with van der Waals surface area (Å²) < 4.78 is 0.917. The van der Waals surface area contributed by atoms with Crippen LogP contribution in [0.4, 0.5) is 0 Å². The molecule has 1 fully saturated rings. The van der Waals surface area contributed by atoms with Crippen molar-refractivity contribution in [1.29, 1.82) is 0 Å². The van der Waals surface area contributed by atoms with Crippen LogP contribution in [0.5, 0.6) is 0 Å². The van der Waals surface area contributed by atoms with Crippen molar-refractivity contribution in [2.75, 3.05) is 6.26 Å². The second kappa shape index (κ2) is 6.03. The van der Waals surface area contributed by atoms with Crippen molar-refractivity contribution in [1.82, 2.24) is 10.3 Å². The molecule has 0 bridgehead atoms. The Morgan fingerprint density at radius 2 is 2.38 bits per heavy atom. The molecule has 2 atom stereocenters. The molecular formula is C12H17BrN2S. The van der Waals surface area contributed by atoms with Gasteiger partial charge in [-0.15, -0.1) is 0 Å². The Balaban J connectivity index is 1.80. The van der Waals surface area contributed by atoms with Crippen LogP contribution < -0.4 is 5.32 Å². The highest BCUT2D eigenvalue weighted by Gasteiger charge is 2.23. The summed E-state index contributed by atoms with van der Waals surface area (Å²) in [6, 6.07) is 6.74. The molecule has 2 unspecified atom stereocenters. The van der Waals surface area contributed by atoms with Crippen LogP contribution in [0, 0.1) is 0 Å². The van der Waals surface area contributed by atoms with Gasteiger partial charge in [0.2, 0.25) is 0 Å². The van der Waals surface area contributed by atoms with Gasteiger partial charge in [0.15, 0.2) is 0 Å². The Hall–Kier alpha value is -0.0600. The van der Waals surface area contributed by atoms with Crippen LogP contribution in [0.15, 0.2) is 22.8 Å². The molecule has 2 nitrogen and oxygen atoms in total. The average Bonchev–Trinajstić information content (AvgIpc) is 2.74. The van der Waals surface area contributed by atoms with E-state index in [1.54, 1.807) is 0 Å². The Morgan fingerprint density at radius 1 is 1.50 bits per heavy atom. The van der Waals surface area contributed by atoms with Crippen LogP contribution in [0.25, 0.3) is 0 Å². The number of aromatic nitrogens is 1. The fourth-order valence-corrected chi connectivity index (χ4v) is 3.31. The van der Waals surface area contributed by atoms with E-state index in [2.05, 4.69) is 38.6 Å². The van der Waals surface area contributed by atoms with Crippen LogP contribution in [0.1, 0.15) is 25.0 Å². The third-order valence-electron chi connectivity index (χ3n) is 3.06. The van der Waals surface area contributed by atoms with Crippen LogP contribution >= 0.6 is 27.7 Å². The minimum atomic E-state index is 0.679. The van der Waals surface area contributed by atoms with Gasteiger partial charge in [0.05, 0.1) is 5.69 Å². The normalized spacial score (nSPS) is 24.9. The zero-order valence-electron chi connectivity index (χ0n) is 9.45. The third-order valence-corrected chi connectivity index (χ3v) is 4.60. The maximum absolute atomic E-state index is 4.42. The van der Waals surface area contributed by atoms with Gasteiger partial charge >= 0.3 is 0 Å². The van der Waals surface area contributed by atoms with E-state index in [9.17, 15) is 0 Å². The molecule has 1 aliphatic rings. The molecule has 2 rings (SSSR count). The summed E-state index contributed by atoms with van der Waals surface area (Å²) in [7, 11) is 0. The Kier molecular flexibility index (Phi) is 4.67. The molecule has 0 aromatic carbocycles. The molecule has 1 N–H and O–H groups in total. The van der Waals surface area contributed by atoms with E-state index in [4.69, 9.17) is 0 Å². The highest BCUT2D eigenvalue weighted by Crippen LogP contribution is 2.28. The molecular weight excluding hydrogens is 284 g/mol. The van der Waals surface area contributed by atoms with E-state index in [0.29, 0.717) is 6.04 Å². The van der Waals surface area contributed by atoms with E-state index in [1.807, 2.05) is 23.9 Å². The van der Waals surface area contributed by atoms with Gasteiger partial charge < -0.3 is 5.32 Å². The van der Waals surface area contributed by atoms with E-state index < -0.39 is 0 Å². The first-order valence-corrected chi connectivity index (χ1v) is 7.73. The topological polar surface area (TPSA) is 24.9 Å². The van der Waals surface area contributed by atoms with Crippen molar-refractivity contribution < 1.29 is 0 Å². The van der Waals surface area contributed by atoms with Crippen molar-refractivity contribution in [2.45, 2.75) is 37.1 Å². The summed E-state index contributed by atoms with van der Waals surface area (Å²) in [6.45, 7) is 0.880. The standard InChI is InChI=1S/C12H17BrN2S/c1-16-11-6-5-9(7-11)14-8-10-3-2-4-12(13)15-10/h2-4,9,11,14H,5-8H2,1H3. The highest BCUT2D eigenvalue weighted by atomic mass is 79.9. The van der Waals surface area contributed by atoms with Gasteiger partial charge in [0, 0.05) is 17.8 Å². The smallest absolute Gasteiger partial charge is 0.106 e. The largest absolute Gasteiger partial charge is 0.308 e. The van der Waals surface area contributed by atoms with Crippen molar-refractivity contribution in [3.8, 4) is 0 Å². The predicted molar refractivity (Wildman–Crippen MR) is 73.7 cm³/mol. The van der Waals surface area contributed by atoms with E-state index >= 15 is 0 Å². The number of nitrogens with one attached hydrogen (secondary N) is 1. The molecule has 0 radical (unpaired) electrons. The summed E-state index contributed by atoms with van der Waals surface area (Å²) >= 11 is 5.39. The van der Waals surface area contributed by atoms with Crippen LogP contribution in [0.2, 0.25) is 0 Å². The van der Waals surface area contributed by atoms with Gasteiger partial charge in [-0.1, -0.05) is 6.07 Å². The van der Waals surface area contributed by atoms with Crippen molar-refractivity contribution in [3.63, 3.8) is 0 Å². The molecule has 1 saturated carbocycles. The summed E-state index contributed by atoms with van der Waals surface area (Å²) in [5.74, 6) is 0. The van der Waals surface area contributed by atoms with Gasteiger partial charge in [-0.2, -0.15) is 11.8 Å². The number of hydrogen-bond donors (Lipinski definition) is 1. The first kappa shape index (κ1) is 12.4. The zero-order valence-corrected chi connectivity index (χ0v) is 11.9. The van der Waals surface area contributed by atoms with Gasteiger partial charge in [0.25, 0.3) is 0 Å².